The Balaban J connectivity index is 2.43. The van der Waals surface area contributed by atoms with Crippen LogP contribution in [0.3, 0.4) is 0 Å². The van der Waals surface area contributed by atoms with Crippen LogP contribution in [0, 0.1) is 0 Å². The summed E-state index contributed by atoms with van der Waals surface area (Å²) < 4.78 is 10.5. The highest BCUT2D eigenvalue weighted by atomic mass is 16.5. The van der Waals surface area contributed by atoms with Crippen molar-refractivity contribution in [3.05, 3.63) is 29.6 Å². The minimum Gasteiger partial charge on any atom is -0.382 e. The van der Waals surface area contributed by atoms with Gasteiger partial charge in [-0.1, -0.05) is 6.07 Å². The molecule has 1 aromatic heterocycles. The van der Waals surface area contributed by atoms with Gasteiger partial charge < -0.3 is 15.2 Å². The third kappa shape index (κ3) is 4.38. The topological polar surface area (TPSA) is 57.4 Å². The second-order valence-electron chi connectivity index (χ2n) is 3.40. The summed E-state index contributed by atoms with van der Waals surface area (Å²) in [6, 6.07) is 5.77. The van der Waals surface area contributed by atoms with E-state index in [-0.39, 0.29) is 6.10 Å². The molecule has 0 aromatic carbocycles. The van der Waals surface area contributed by atoms with Crippen molar-refractivity contribution in [2.75, 3.05) is 13.7 Å². The van der Waals surface area contributed by atoms with Gasteiger partial charge in [0.15, 0.2) is 0 Å². The van der Waals surface area contributed by atoms with Gasteiger partial charge in [-0.15, -0.1) is 0 Å². The first-order valence-corrected chi connectivity index (χ1v) is 5.01. The van der Waals surface area contributed by atoms with Crippen molar-refractivity contribution in [2.24, 2.45) is 5.73 Å². The Morgan fingerprint density at radius 2 is 2.13 bits per heavy atom. The molecule has 0 aliphatic heterocycles. The lowest BCUT2D eigenvalue weighted by molar-refractivity contribution is -0.00141. The molecule has 0 spiro atoms. The molecule has 0 amide bonds. The summed E-state index contributed by atoms with van der Waals surface area (Å²) in [5.41, 5.74) is 7.29. The van der Waals surface area contributed by atoms with Gasteiger partial charge in [-0.2, -0.15) is 0 Å². The van der Waals surface area contributed by atoms with Crippen molar-refractivity contribution in [2.45, 2.75) is 26.2 Å². The molecule has 1 rings (SSSR count). The summed E-state index contributed by atoms with van der Waals surface area (Å²) in [6.45, 7) is 3.52. The zero-order valence-electron chi connectivity index (χ0n) is 9.27. The second kappa shape index (κ2) is 6.50. The fourth-order valence-electron chi connectivity index (χ4n) is 1.23. The van der Waals surface area contributed by atoms with Crippen molar-refractivity contribution >= 4 is 0 Å². The van der Waals surface area contributed by atoms with E-state index in [1.807, 2.05) is 25.1 Å². The Kier molecular flexibility index (Phi) is 5.25. The van der Waals surface area contributed by atoms with Gasteiger partial charge >= 0.3 is 0 Å². The van der Waals surface area contributed by atoms with Crippen molar-refractivity contribution < 1.29 is 9.47 Å². The average molecular weight is 210 g/mol. The maximum Gasteiger partial charge on any atom is 0.0892 e. The smallest absolute Gasteiger partial charge is 0.0892 e. The lowest BCUT2D eigenvalue weighted by atomic mass is 10.3. The highest BCUT2D eigenvalue weighted by Gasteiger charge is 2.02. The van der Waals surface area contributed by atoms with Crippen molar-refractivity contribution in [3.63, 3.8) is 0 Å². The maximum atomic E-state index is 5.54. The molecule has 0 saturated carbocycles. The summed E-state index contributed by atoms with van der Waals surface area (Å²) in [7, 11) is 1.66. The van der Waals surface area contributed by atoms with Crippen LogP contribution in [0.4, 0.5) is 0 Å². The number of hydrogen-bond acceptors (Lipinski definition) is 4. The van der Waals surface area contributed by atoms with Crippen LogP contribution in [-0.4, -0.2) is 24.8 Å². The van der Waals surface area contributed by atoms with E-state index < -0.39 is 0 Å². The van der Waals surface area contributed by atoms with E-state index in [4.69, 9.17) is 15.2 Å². The van der Waals surface area contributed by atoms with Gasteiger partial charge in [0, 0.05) is 13.7 Å². The first kappa shape index (κ1) is 12.1. The minimum atomic E-state index is 0.0818. The number of ether oxygens (including phenoxy) is 2. The monoisotopic (exact) mass is 210 g/mol. The molecule has 15 heavy (non-hydrogen) atoms. The van der Waals surface area contributed by atoms with Crippen LogP contribution in [0.5, 0.6) is 0 Å². The highest BCUT2D eigenvalue weighted by Crippen LogP contribution is 2.03. The fourth-order valence-corrected chi connectivity index (χ4v) is 1.23. The number of rotatable bonds is 6. The number of methoxy groups -OCH3 is 1. The Morgan fingerprint density at radius 3 is 2.80 bits per heavy atom. The standard InChI is InChI=1S/C11H18N2O2/c1-9(7-14-2)15-8-11-5-3-4-10(6-12)13-11/h3-5,9H,6-8,12H2,1-2H3. The highest BCUT2D eigenvalue weighted by molar-refractivity contribution is 5.10. The average Bonchev–Trinajstić information content (AvgIpc) is 2.27. The van der Waals surface area contributed by atoms with Crippen LogP contribution in [0.25, 0.3) is 0 Å². The van der Waals surface area contributed by atoms with Crippen molar-refractivity contribution in [1.82, 2.24) is 4.98 Å². The van der Waals surface area contributed by atoms with Crippen LogP contribution in [0.1, 0.15) is 18.3 Å². The van der Waals surface area contributed by atoms with Gasteiger partial charge in [-0.05, 0) is 19.1 Å². The Labute approximate surface area is 90.4 Å². The van der Waals surface area contributed by atoms with Crippen LogP contribution in [-0.2, 0) is 22.6 Å². The van der Waals surface area contributed by atoms with Crippen LogP contribution in [0.2, 0.25) is 0 Å². The number of aromatic nitrogens is 1. The van der Waals surface area contributed by atoms with Crippen LogP contribution >= 0.6 is 0 Å². The molecule has 0 bridgehead atoms. The van der Waals surface area contributed by atoms with E-state index in [0.29, 0.717) is 19.8 Å². The van der Waals surface area contributed by atoms with Crippen LogP contribution < -0.4 is 5.73 Å². The predicted octanol–water partition coefficient (Wildman–Crippen LogP) is 1.09. The molecule has 1 unspecified atom stereocenters. The zero-order valence-corrected chi connectivity index (χ0v) is 9.27. The molecule has 1 aromatic rings. The predicted molar refractivity (Wildman–Crippen MR) is 58.3 cm³/mol. The molecule has 0 radical (unpaired) electrons. The Hall–Kier alpha value is -0.970. The number of nitrogens with zero attached hydrogens (tertiary/aromatic N) is 1. The maximum absolute atomic E-state index is 5.54. The lowest BCUT2D eigenvalue weighted by Crippen LogP contribution is -2.15. The number of nitrogens with two attached hydrogens (primary N) is 1. The summed E-state index contributed by atoms with van der Waals surface area (Å²) >= 11 is 0. The summed E-state index contributed by atoms with van der Waals surface area (Å²) in [5, 5.41) is 0. The molecule has 1 atom stereocenters. The largest absolute Gasteiger partial charge is 0.382 e. The van der Waals surface area contributed by atoms with Gasteiger partial charge in [0.2, 0.25) is 0 Å². The number of hydrogen-bond donors (Lipinski definition) is 1. The van der Waals surface area contributed by atoms with E-state index in [0.717, 1.165) is 11.4 Å². The minimum absolute atomic E-state index is 0.0818. The van der Waals surface area contributed by atoms with Gasteiger partial charge in [0.1, 0.15) is 0 Å². The third-order valence-electron chi connectivity index (χ3n) is 1.99. The van der Waals surface area contributed by atoms with Crippen molar-refractivity contribution in [1.29, 1.82) is 0 Å². The lowest BCUT2D eigenvalue weighted by Gasteiger charge is -2.11. The first-order chi connectivity index (χ1) is 7.26. The van der Waals surface area contributed by atoms with Gasteiger partial charge in [0.05, 0.1) is 30.7 Å². The molecule has 0 aliphatic rings. The zero-order chi connectivity index (χ0) is 11.1. The Morgan fingerprint density at radius 1 is 1.40 bits per heavy atom. The molecule has 4 nitrogen and oxygen atoms in total. The molecule has 0 aliphatic carbocycles. The summed E-state index contributed by atoms with van der Waals surface area (Å²) in [6.07, 6.45) is 0.0818. The molecule has 84 valence electrons. The first-order valence-electron chi connectivity index (χ1n) is 5.01. The van der Waals surface area contributed by atoms with Crippen LogP contribution in [0.15, 0.2) is 18.2 Å². The molecule has 1 heterocycles. The number of pyridine rings is 1. The summed E-state index contributed by atoms with van der Waals surface area (Å²) in [5.74, 6) is 0. The van der Waals surface area contributed by atoms with Crippen molar-refractivity contribution in [3.8, 4) is 0 Å². The molecule has 4 heteroatoms. The molecule has 0 saturated heterocycles. The second-order valence-corrected chi connectivity index (χ2v) is 3.40. The van der Waals surface area contributed by atoms with E-state index in [9.17, 15) is 0 Å². The third-order valence-corrected chi connectivity index (χ3v) is 1.99. The summed E-state index contributed by atoms with van der Waals surface area (Å²) in [4.78, 5) is 4.33. The quantitative estimate of drug-likeness (QED) is 0.763. The van der Waals surface area contributed by atoms with E-state index in [1.54, 1.807) is 7.11 Å². The normalized spacial score (nSPS) is 12.7. The molecular weight excluding hydrogens is 192 g/mol. The SMILES string of the molecule is COCC(C)OCc1cccc(CN)n1. The van der Waals surface area contributed by atoms with E-state index in [2.05, 4.69) is 4.98 Å². The van der Waals surface area contributed by atoms with E-state index >= 15 is 0 Å². The molecular formula is C11H18N2O2. The van der Waals surface area contributed by atoms with Gasteiger partial charge in [-0.25, -0.2) is 0 Å². The molecule has 0 fully saturated rings. The Bertz CT molecular complexity index is 292. The molecule has 2 N–H and O–H groups in total. The van der Waals surface area contributed by atoms with Gasteiger partial charge in [-0.3, -0.25) is 4.98 Å². The van der Waals surface area contributed by atoms with E-state index in [1.165, 1.54) is 0 Å². The van der Waals surface area contributed by atoms with Gasteiger partial charge in [0.25, 0.3) is 0 Å². The fraction of sp³-hybridized carbons (Fsp3) is 0.545.